The summed E-state index contributed by atoms with van der Waals surface area (Å²) in [4.78, 5) is 3.54. The second-order valence-corrected chi connectivity index (χ2v) is 5.56. The molecule has 0 saturated carbocycles. The van der Waals surface area contributed by atoms with Crippen LogP contribution in [0.3, 0.4) is 0 Å². The SMILES string of the molecule is CCCNC1CCCc2c1[nH]c1c(C)cc(F)cc21. The molecule has 1 aliphatic carbocycles. The van der Waals surface area contributed by atoms with Crippen LogP contribution in [-0.2, 0) is 6.42 Å². The van der Waals surface area contributed by atoms with Crippen LogP contribution in [-0.4, -0.2) is 11.5 Å². The number of aryl methyl sites for hydroxylation is 2. The molecular formula is C16H21FN2. The van der Waals surface area contributed by atoms with E-state index in [1.165, 1.54) is 24.1 Å². The summed E-state index contributed by atoms with van der Waals surface area (Å²) in [6.45, 7) is 5.19. The van der Waals surface area contributed by atoms with Gasteiger partial charge in [0.2, 0.25) is 0 Å². The molecule has 0 fully saturated rings. The molecule has 1 aliphatic rings. The molecule has 0 bridgehead atoms. The maximum atomic E-state index is 13.6. The molecule has 1 aromatic heterocycles. The van der Waals surface area contributed by atoms with Gasteiger partial charge in [0.15, 0.2) is 0 Å². The Balaban J connectivity index is 2.10. The number of nitrogens with one attached hydrogen (secondary N) is 2. The Labute approximate surface area is 113 Å². The van der Waals surface area contributed by atoms with Gasteiger partial charge in [-0.15, -0.1) is 0 Å². The third-order valence-electron chi connectivity index (χ3n) is 4.12. The van der Waals surface area contributed by atoms with Gasteiger partial charge < -0.3 is 10.3 Å². The zero-order valence-corrected chi connectivity index (χ0v) is 11.6. The first kappa shape index (κ1) is 12.7. The molecule has 0 saturated heterocycles. The van der Waals surface area contributed by atoms with E-state index in [1.54, 1.807) is 12.1 Å². The summed E-state index contributed by atoms with van der Waals surface area (Å²) >= 11 is 0. The van der Waals surface area contributed by atoms with Crippen LogP contribution in [0.15, 0.2) is 12.1 Å². The minimum atomic E-state index is -0.129. The van der Waals surface area contributed by atoms with Crippen LogP contribution < -0.4 is 5.32 Å². The van der Waals surface area contributed by atoms with Gasteiger partial charge in [-0.3, -0.25) is 0 Å². The van der Waals surface area contributed by atoms with Crippen LogP contribution in [0.2, 0.25) is 0 Å². The van der Waals surface area contributed by atoms with E-state index < -0.39 is 0 Å². The third kappa shape index (κ3) is 2.16. The number of fused-ring (bicyclic) bond motifs is 3. The normalized spacial score (nSPS) is 18.8. The molecule has 2 nitrogen and oxygen atoms in total. The van der Waals surface area contributed by atoms with Crippen LogP contribution >= 0.6 is 0 Å². The Hall–Kier alpha value is -1.35. The third-order valence-corrected chi connectivity index (χ3v) is 4.12. The molecule has 102 valence electrons. The zero-order valence-electron chi connectivity index (χ0n) is 11.6. The van der Waals surface area contributed by atoms with Crippen LogP contribution in [0.25, 0.3) is 10.9 Å². The first-order valence-electron chi connectivity index (χ1n) is 7.24. The van der Waals surface area contributed by atoms with E-state index in [0.717, 1.165) is 35.9 Å². The van der Waals surface area contributed by atoms with Gasteiger partial charge in [0.1, 0.15) is 5.82 Å². The van der Waals surface area contributed by atoms with E-state index in [9.17, 15) is 4.39 Å². The maximum Gasteiger partial charge on any atom is 0.124 e. The van der Waals surface area contributed by atoms with E-state index in [4.69, 9.17) is 0 Å². The van der Waals surface area contributed by atoms with Gasteiger partial charge in [0.05, 0.1) is 0 Å². The number of hydrogen-bond donors (Lipinski definition) is 2. The van der Waals surface area contributed by atoms with Crippen LogP contribution in [0, 0.1) is 12.7 Å². The first-order chi connectivity index (χ1) is 9.20. The van der Waals surface area contributed by atoms with Crippen molar-refractivity contribution in [3.63, 3.8) is 0 Å². The molecule has 1 atom stereocenters. The summed E-state index contributed by atoms with van der Waals surface area (Å²) in [5, 5.41) is 4.68. The fraction of sp³-hybridized carbons (Fsp3) is 0.500. The van der Waals surface area contributed by atoms with Gasteiger partial charge in [0.25, 0.3) is 0 Å². The Morgan fingerprint density at radius 2 is 2.26 bits per heavy atom. The molecular weight excluding hydrogens is 239 g/mol. The Kier molecular flexibility index (Phi) is 3.31. The molecule has 1 heterocycles. The largest absolute Gasteiger partial charge is 0.357 e. The van der Waals surface area contributed by atoms with Crippen molar-refractivity contribution in [2.75, 3.05) is 6.54 Å². The van der Waals surface area contributed by atoms with E-state index in [-0.39, 0.29) is 5.82 Å². The quantitative estimate of drug-likeness (QED) is 0.858. The number of aromatic nitrogens is 1. The topological polar surface area (TPSA) is 27.8 Å². The van der Waals surface area contributed by atoms with Crippen molar-refractivity contribution in [3.05, 3.63) is 34.8 Å². The summed E-state index contributed by atoms with van der Waals surface area (Å²) in [5.74, 6) is -0.129. The second-order valence-electron chi connectivity index (χ2n) is 5.56. The lowest BCUT2D eigenvalue weighted by Crippen LogP contribution is -2.25. The van der Waals surface area contributed by atoms with Gasteiger partial charge in [0, 0.05) is 22.6 Å². The molecule has 1 aromatic carbocycles. The molecule has 3 heteroatoms. The summed E-state index contributed by atoms with van der Waals surface area (Å²) in [7, 11) is 0. The van der Waals surface area contributed by atoms with Gasteiger partial charge in [-0.25, -0.2) is 4.39 Å². The lowest BCUT2D eigenvalue weighted by molar-refractivity contribution is 0.454. The van der Waals surface area contributed by atoms with E-state index in [2.05, 4.69) is 17.2 Å². The average Bonchev–Trinajstić information content (AvgIpc) is 2.76. The maximum absolute atomic E-state index is 13.6. The highest BCUT2D eigenvalue weighted by atomic mass is 19.1. The lowest BCUT2D eigenvalue weighted by atomic mass is 9.91. The van der Waals surface area contributed by atoms with Crippen molar-refractivity contribution in [2.24, 2.45) is 0 Å². The summed E-state index contributed by atoms with van der Waals surface area (Å²) in [6.07, 6.45) is 4.54. The van der Waals surface area contributed by atoms with Gasteiger partial charge in [-0.2, -0.15) is 0 Å². The van der Waals surface area contributed by atoms with E-state index in [0.29, 0.717) is 6.04 Å². The molecule has 1 unspecified atom stereocenters. The molecule has 0 radical (unpaired) electrons. The minimum absolute atomic E-state index is 0.129. The highest BCUT2D eigenvalue weighted by Gasteiger charge is 2.24. The number of benzene rings is 1. The number of rotatable bonds is 3. The number of aromatic amines is 1. The van der Waals surface area contributed by atoms with Crippen LogP contribution in [0.4, 0.5) is 4.39 Å². The van der Waals surface area contributed by atoms with Crippen molar-refractivity contribution in [1.82, 2.24) is 10.3 Å². The van der Waals surface area contributed by atoms with Crippen LogP contribution in [0.5, 0.6) is 0 Å². The highest BCUT2D eigenvalue weighted by Crippen LogP contribution is 2.36. The second kappa shape index (κ2) is 4.97. The standard InChI is InChI=1S/C16H21FN2/c1-3-7-18-14-6-4-5-12-13-9-11(17)8-10(2)15(13)19-16(12)14/h8-9,14,18-19H,3-7H2,1-2H3. The molecule has 19 heavy (non-hydrogen) atoms. The predicted molar refractivity (Wildman–Crippen MR) is 77.0 cm³/mol. The first-order valence-corrected chi connectivity index (χ1v) is 7.24. The number of halogens is 1. The van der Waals surface area contributed by atoms with Crippen molar-refractivity contribution in [2.45, 2.75) is 45.6 Å². The van der Waals surface area contributed by atoms with Crippen molar-refractivity contribution >= 4 is 10.9 Å². The molecule has 0 amide bonds. The number of H-pyrrole nitrogens is 1. The highest BCUT2D eigenvalue weighted by molar-refractivity contribution is 5.87. The summed E-state index contributed by atoms with van der Waals surface area (Å²) in [5.41, 5.74) is 4.70. The zero-order chi connectivity index (χ0) is 13.4. The Morgan fingerprint density at radius 1 is 1.42 bits per heavy atom. The molecule has 0 aliphatic heterocycles. The Bertz CT molecular complexity index is 600. The molecule has 2 N–H and O–H groups in total. The fourth-order valence-electron chi connectivity index (χ4n) is 3.22. The number of hydrogen-bond acceptors (Lipinski definition) is 1. The lowest BCUT2D eigenvalue weighted by Gasteiger charge is -2.23. The fourth-order valence-corrected chi connectivity index (χ4v) is 3.22. The average molecular weight is 260 g/mol. The molecule has 0 spiro atoms. The van der Waals surface area contributed by atoms with Gasteiger partial charge in [-0.1, -0.05) is 6.92 Å². The van der Waals surface area contributed by atoms with E-state index in [1.807, 2.05) is 6.92 Å². The van der Waals surface area contributed by atoms with Gasteiger partial charge in [-0.05, 0) is 62.4 Å². The summed E-state index contributed by atoms with van der Waals surface area (Å²) in [6, 6.07) is 3.69. The van der Waals surface area contributed by atoms with Crippen molar-refractivity contribution in [3.8, 4) is 0 Å². The minimum Gasteiger partial charge on any atom is -0.357 e. The predicted octanol–water partition coefficient (Wildman–Crippen LogP) is 3.99. The van der Waals surface area contributed by atoms with E-state index >= 15 is 0 Å². The van der Waals surface area contributed by atoms with Crippen LogP contribution in [0.1, 0.15) is 49.0 Å². The smallest absolute Gasteiger partial charge is 0.124 e. The Morgan fingerprint density at radius 3 is 3.05 bits per heavy atom. The molecule has 3 rings (SSSR count). The summed E-state index contributed by atoms with van der Waals surface area (Å²) < 4.78 is 13.6. The van der Waals surface area contributed by atoms with Crippen molar-refractivity contribution in [1.29, 1.82) is 0 Å². The molecule has 2 aromatic rings. The van der Waals surface area contributed by atoms with Gasteiger partial charge >= 0.3 is 0 Å². The van der Waals surface area contributed by atoms with Crippen molar-refractivity contribution < 1.29 is 4.39 Å². The monoisotopic (exact) mass is 260 g/mol.